The third-order valence-corrected chi connectivity index (χ3v) is 4.93. The Hall–Kier alpha value is -2.11. The van der Waals surface area contributed by atoms with Crippen molar-refractivity contribution in [3.05, 3.63) is 35.6 Å². The first kappa shape index (κ1) is 19.6. The molecule has 0 N–H and O–H groups in total. The molecule has 1 heterocycles. The molecular weight excluding hydrogens is 347 g/mol. The van der Waals surface area contributed by atoms with Crippen LogP contribution in [-0.4, -0.2) is 46.5 Å². The van der Waals surface area contributed by atoms with Crippen molar-refractivity contribution in [2.75, 3.05) is 13.1 Å². The van der Waals surface area contributed by atoms with E-state index in [1.165, 1.54) is 12.1 Å². The standard InChI is InChI=1S/C21H29FN2O3/c1-21(2,3)27-20(26)23-11-5-7-16(14-23)19(25)24(18-9-10-18)13-15-6-4-8-17(22)12-15/h4,6,8,12,16,18H,5,7,9-11,13-14H2,1-3H3/t16-/m0/s1. The normalized spacial score (nSPS) is 20.3. The van der Waals surface area contributed by atoms with Gasteiger partial charge in [0.05, 0.1) is 5.92 Å². The number of hydrogen-bond donors (Lipinski definition) is 0. The molecular formula is C21H29FN2O3. The molecule has 0 aromatic heterocycles. The van der Waals surface area contributed by atoms with Crippen molar-refractivity contribution < 1.29 is 18.7 Å². The maximum Gasteiger partial charge on any atom is 0.410 e. The third-order valence-electron chi connectivity index (χ3n) is 4.93. The molecule has 1 saturated carbocycles. The van der Waals surface area contributed by atoms with E-state index in [4.69, 9.17) is 4.74 Å². The van der Waals surface area contributed by atoms with E-state index in [-0.39, 0.29) is 29.8 Å². The van der Waals surface area contributed by atoms with E-state index in [1.54, 1.807) is 11.0 Å². The number of benzene rings is 1. The van der Waals surface area contributed by atoms with Gasteiger partial charge in [-0.05, 0) is 64.2 Å². The summed E-state index contributed by atoms with van der Waals surface area (Å²) in [4.78, 5) is 29.1. The second-order valence-electron chi connectivity index (χ2n) is 8.59. The van der Waals surface area contributed by atoms with E-state index in [2.05, 4.69) is 0 Å². The van der Waals surface area contributed by atoms with Crippen molar-refractivity contribution in [1.82, 2.24) is 9.80 Å². The lowest BCUT2D eigenvalue weighted by atomic mass is 9.96. The van der Waals surface area contributed by atoms with Gasteiger partial charge in [-0.25, -0.2) is 9.18 Å². The Bertz CT molecular complexity index is 697. The quantitative estimate of drug-likeness (QED) is 0.799. The van der Waals surface area contributed by atoms with Crippen molar-refractivity contribution in [3.8, 4) is 0 Å². The molecule has 0 spiro atoms. The maximum atomic E-state index is 13.5. The van der Waals surface area contributed by atoms with Gasteiger partial charge >= 0.3 is 6.09 Å². The van der Waals surface area contributed by atoms with Crippen molar-refractivity contribution in [3.63, 3.8) is 0 Å². The van der Waals surface area contributed by atoms with E-state index >= 15 is 0 Å². The van der Waals surface area contributed by atoms with Crippen LogP contribution in [0, 0.1) is 11.7 Å². The zero-order chi connectivity index (χ0) is 19.6. The van der Waals surface area contributed by atoms with Gasteiger partial charge in [0.25, 0.3) is 0 Å². The van der Waals surface area contributed by atoms with Crippen LogP contribution in [0.2, 0.25) is 0 Å². The summed E-state index contributed by atoms with van der Waals surface area (Å²) < 4.78 is 19.0. The Labute approximate surface area is 160 Å². The van der Waals surface area contributed by atoms with Crippen LogP contribution in [0.25, 0.3) is 0 Å². The fourth-order valence-electron chi connectivity index (χ4n) is 3.51. The second kappa shape index (κ2) is 7.87. The lowest BCUT2D eigenvalue weighted by molar-refractivity contribution is -0.138. The largest absolute Gasteiger partial charge is 0.444 e. The molecule has 1 aliphatic carbocycles. The zero-order valence-corrected chi connectivity index (χ0v) is 16.4. The predicted octanol–water partition coefficient (Wildman–Crippen LogP) is 3.96. The number of piperidine rings is 1. The molecule has 1 saturated heterocycles. The van der Waals surface area contributed by atoms with Crippen LogP contribution in [0.1, 0.15) is 52.0 Å². The predicted molar refractivity (Wildman–Crippen MR) is 101 cm³/mol. The van der Waals surface area contributed by atoms with Crippen LogP contribution in [0.3, 0.4) is 0 Å². The summed E-state index contributed by atoms with van der Waals surface area (Å²) in [6.07, 6.45) is 3.18. The van der Waals surface area contributed by atoms with Crippen LogP contribution >= 0.6 is 0 Å². The van der Waals surface area contributed by atoms with Gasteiger partial charge in [0, 0.05) is 25.7 Å². The molecule has 1 aliphatic heterocycles. The number of halogens is 1. The van der Waals surface area contributed by atoms with Crippen LogP contribution in [0.5, 0.6) is 0 Å². The van der Waals surface area contributed by atoms with Gasteiger partial charge in [0.15, 0.2) is 0 Å². The van der Waals surface area contributed by atoms with Crippen LogP contribution in [0.15, 0.2) is 24.3 Å². The molecule has 2 aliphatic rings. The summed E-state index contributed by atoms with van der Waals surface area (Å²) in [6.45, 7) is 6.94. The fourth-order valence-corrected chi connectivity index (χ4v) is 3.51. The van der Waals surface area contributed by atoms with Gasteiger partial charge in [-0.3, -0.25) is 4.79 Å². The van der Waals surface area contributed by atoms with Gasteiger partial charge in [0.2, 0.25) is 5.91 Å². The number of rotatable bonds is 4. The van der Waals surface area contributed by atoms with E-state index in [0.717, 1.165) is 31.2 Å². The van der Waals surface area contributed by atoms with Gasteiger partial charge in [0.1, 0.15) is 11.4 Å². The number of ether oxygens (including phenoxy) is 1. The number of nitrogens with zero attached hydrogens (tertiary/aromatic N) is 2. The van der Waals surface area contributed by atoms with Crippen molar-refractivity contribution in [2.45, 2.75) is 64.6 Å². The first-order valence-electron chi connectivity index (χ1n) is 9.76. The lowest BCUT2D eigenvalue weighted by Gasteiger charge is -2.36. The van der Waals surface area contributed by atoms with E-state index in [0.29, 0.717) is 19.6 Å². The molecule has 0 radical (unpaired) electrons. The number of amides is 2. The number of carbonyl (C=O) groups excluding carboxylic acids is 2. The second-order valence-corrected chi connectivity index (χ2v) is 8.59. The Morgan fingerprint density at radius 1 is 1.26 bits per heavy atom. The molecule has 5 nitrogen and oxygen atoms in total. The first-order chi connectivity index (χ1) is 12.7. The first-order valence-corrected chi connectivity index (χ1v) is 9.76. The molecule has 27 heavy (non-hydrogen) atoms. The van der Waals surface area contributed by atoms with Gasteiger partial charge < -0.3 is 14.5 Å². The van der Waals surface area contributed by atoms with Crippen molar-refractivity contribution >= 4 is 12.0 Å². The maximum absolute atomic E-state index is 13.5. The lowest BCUT2D eigenvalue weighted by Crippen LogP contribution is -2.48. The van der Waals surface area contributed by atoms with Crippen LogP contribution in [0.4, 0.5) is 9.18 Å². The van der Waals surface area contributed by atoms with E-state index in [9.17, 15) is 14.0 Å². The molecule has 2 amide bonds. The summed E-state index contributed by atoms with van der Waals surface area (Å²) in [5, 5.41) is 0. The Balaban J connectivity index is 1.66. The van der Waals surface area contributed by atoms with Gasteiger partial charge in [-0.15, -0.1) is 0 Å². The monoisotopic (exact) mass is 376 g/mol. The van der Waals surface area contributed by atoms with Crippen molar-refractivity contribution in [1.29, 1.82) is 0 Å². The summed E-state index contributed by atoms with van der Waals surface area (Å²) in [7, 11) is 0. The number of likely N-dealkylation sites (tertiary alicyclic amines) is 1. The minimum Gasteiger partial charge on any atom is -0.444 e. The van der Waals surface area contributed by atoms with Gasteiger partial charge in [-0.1, -0.05) is 12.1 Å². The Morgan fingerprint density at radius 2 is 2.00 bits per heavy atom. The highest BCUT2D eigenvalue weighted by molar-refractivity contribution is 5.80. The van der Waals surface area contributed by atoms with Crippen molar-refractivity contribution in [2.24, 2.45) is 5.92 Å². The molecule has 148 valence electrons. The number of hydrogen-bond acceptors (Lipinski definition) is 3. The SMILES string of the molecule is CC(C)(C)OC(=O)N1CCC[C@H](C(=O)N(Cc2cccc(F)c2)C2CC2)C1. The third kappa shape index (κ3) is 5.44. The molecule has 0 bridgehead atoms. The average Bonchev–Trinajstić information content (AvgIpc) is 3.43. The van der Waals surface area contributed by atoms with Crippen LogP contribution in [-0.2, 0) is 16.1 Å². The summed E-state index contributed by atoms with van der Waals surface area (Å²) in [6, 6.07) is 6.64. The molecule has 1 aromatic carbocycles. The molecule has 6 heteroatoms. The Morgan fingerprint density at radius 3 is 2.63 bits per heavy atom. The highest BCUT2D eigenvalue weighted by Gasteiger charge is 2.38. The summed E-state index contributed by atoms with van der Waals surface area (Å²) in [5.41, 5.74) is 0.251. The zero-order valence-electron chi connectivity index (χ0n) is 16.4. The summed E-state index contributed by atoms with van der Waals surface area (Å²) in [5.74, 6) is -0.445. The molecule has 3 rings (SSSR count). The average molecular weight is 376 g/mol. The van der Waals surface area contributed by atoms with Gasteiger partial charge in [-0.2, -0.15) is 0 Å². The van der Waals surface area contributed by atoms with E-state index < -0.39 is 5.60 Å². The molecule has 1 atom stereocenters. The Kier molecular flexibility index (Phi) is 5.72. The highest BCUT2D eigenvalue weighted by Crippen LogP contribution is 2.32. The molecule has 2 fully saturated rings. The smallest absolute Gasteiger partial charge is 0.410 e. The minimum atomic E-state index is -0.550. The fraction of sp³-hybridized carbons (Fsp3) is 0.619. The number of carbonyl (C=O) groups is 2. The molecule has 0 unspecified atom stereocenters. The molecule has 1 aromatic rings. The minimum absolute atomic E-state index is 0.0648. The van der Waals surface area contributed by atoms with Crippen LogP contribution < -0.4 is 0 Å². The highest BCUT2D eigenvalue weighted by atomic mass is 19.1. The van der Waals surface area contributed by atoms with E-state index in [1.807, 2.05) is 31.7 Å². The topological polar surface area (TPSA) is 49.9 Å². The summed E-state index contributed by atoms with van der Waals surface area (Å²) >= 11 is 0.